The largest absolute Gasteiger partial charge is 0.307 e. The Bertz CT molecular complexity index is 783. The van der Waals surface area contributed by atoms with E-state index < -0.39 is 0 Å². The standard InChI is InChI=1S/C15H12N6O/c22-15(7-6-12-4-2-1-3-5-12)20-13-8-14(18-10-17-13)21-11-16-9-19-21/h1-11H,(H,17,18,20,22)/b7-6+. The van der Waals surface area contributed by atoms with Crippen molar-refractivity contribution in [3.63, 3.8) is 0 Å². The van der Waals surface area contributed by atoms with Crippen LogP contribution >= 0.6 is 0 Å². The smallest absolute Gasteiger partial charge is 0.249 e. The first-order valence-electron chi connectivity index (χ1n) is 6.52. The Morgan fingerprint density at radius 2 is 2.00 bits per heavy atom. The molecular formula is C15H12N6O. The SMILES string of the molecule is O=C(/C=C/c1ccccc1)Nc1cc(-n2cncn2)ncn1. The second-order valence-electron chi connectivity index (χ2n) is 4.33. The summed E-state index contributed by atoms with van der Waals surface area (Å²) in [6, 6.07) is 11.2. The molecule has 7 nitrogen and oxygen atoms in total. The minimum absolute atomic E-state index is 0.271. The predicted molar refractivity (Wildman–Crippen MR) is 81.1 cm³/mol. The fourth-order valence-electron chi connectivity index (χ4n) is 1.77. The summed E-state index contributed by atoms with van der Waals surface area (Å²) in [5.74, 6) is 0.644. The van der Waals surface area contributed by atoms with E-state index >= 15 is 0 Å². The minimum atomic E-state index is -0.271. The minimum Gasteiger partial charge on any atom is -0.307 e. The Hall–Kier alpha value is -3.35. The fourth-order valence-corrected chi connectivity index (χ4v) is 1.77. The maximum atomic E-state index is 11.9. The number of rotatable bonds is 4. The van der Waals surface area contributed by atoms with Crippen LogP contribution < -0.4 is 5.32 Å². The normalized spacial score (nSPS) is 10.7. The Kier molecular flexibility index (Phi) is 3.96. The zero-order valence-corrected chi connectivity index (χ0v) is 11.5. The topological polar surface area (TPSA) is 85.6 Å². The van der Waals surface area contributed by atoms with E-state index in [9.17, 15) is 4.79 Å². The monoisotopic (exact) mass is 292 g/mol. The lowest BCUT2D eigenvalue weighted by Crippen LogP contribution is -2.10. The number of hydrogen-bond acceptors (Lipinski definition) is 5. The van der Waals surface area contributed by atoms with E-state index in [2.05, 4.69) is 25.4 Å². The first-order valence-corrected chi connectivity index (χ1v) is 6.52. The summed E-state index contributed by atoms with van der Waals surface area (Å²) in [4.78, 5) is 23.8. The van der Waals surface area contributed by atoms with Gasteiger partial charge in [0.1, 0.15) is 24.8 Å². The van der Waals surface area contributed by atoms with Crippen molar-refractivity contribution in [2.75, 3.05) is 5.32 Å². The van der Waals surface area contributed by atoms with Crippen molar-refractivity contribution in [1.29, 1.82) is 0 Å². The molecule has 0 atom stereocenters. The highest BCUT2D eigenvalue weighted by Crippen LogP contribution is 2.08. The molecule has 0 saturated heterocycles. The van der Waals surface area contributed by atoms with Crippen molar-refractivity contribution >= 4 is 17.8 Å². The van der Waals surface area contributed by atoms with Crippen molar-refractivity contribution in [1.82, 2.24) is 24.7 Å². The molecule has 2 heterocycles. The van der Waals surface area contributed by atoms with Crippen LogP contribution in [0.25, 0.3) is 11.9 Å². The lowest BCUT2D eigenvalue weighted by molar-refractivity contribution is -0.111. The number of aromatic nitrogens is 5. The lowest BCUT2D eigenvalue weighted by atomic mass is 10.2. The van der Waals surface area contributed by atoms with Crippen molar-refractivity contribution in [3.05, 3.63) is 67.0 Å². The molecule has 0 aliphatic heterocycles. The van der Waals surface area contributed by atoms with Crippen molar-refractivity contribution in [2.24, 2.45) is 0 Å². The first-order chi connectivity index (χ1) is 10.8. The van der Waals surface area contributed by atoms with Crippen LogP contribution in [0, 0.1) is 0 Å². The Morgan fingerprint density at radius 1 is 1.14 bits per heavy atom. The maximum absolute atomic E-state index is 11.9. The van der Waals surface area contributed by atoms with Gasteiger partial charge in [-0.05, 0) is 11.6 Å². The highest BCUT2D eigenvalue weighted by molar-refractivity contribution is 6.01. The molecule has 0 fully saturated rings. The molecule has 0 aliphatic carbocycles. The summed E-state index contributed by atoms with van der Waals surface area (Å²) >= 11 is 0. The van der Waals surface area contributed by atoms with E-state index in [1.165, 1.54) is 29.7 Å². The van der Waals surface area contributed by atoms with Gasteiger partial charge in [-0.2, -0.15) is 5.10 Å². The molecule has 0 radical (unpaired) electrons. The Labute approximate surface area is 126 Å². The van der Waals surface area contributed by atoms with Gasteiger partial charge in [-0.1, -0.05) is 30.3 Å². The van der Waals surface area contributed by atoms with Crippen LogP contribution in [0.4, 0.5) is 5.82 Å². The van der Waals surface area contributed by atoms with Crippen LogP contribution in [0.15, 0.2) is 61.5 Å². The molecule has 3 rings (SSSR count). The van der Waals surface area contributed by atoms with E-state index in [0.29, 0.717) is 11.6 Å². The summed E-state index contributed by atoms with van der Waals surface area (Å²) < 4.78 is 1.48. The molecule has 3 aromatic rings. The zero-order valence-electron chi connectivity index (χ0n) is 11.5. The summed E-state index contributed by atoms with van der Waals surface area (Å²) in [6.45, 7) is 0. The molecule has 22 heavy (non-hydrogen) atoms. The third kappa shape index (κ3) is 3.40. The van der Waals surface area contributed by atoms with Crippen LogP contribution in [0.3, 0.4) is 0 Å². The van der Waals surface area contributed by atoms with Gasteiger partial charge < -0.3 is 5.32 Å². The number of carbonyl (C=O) groups is 1. The van der Waals surface area contributed by atoms with Gasteiger partial charge in [0, 0.05) is 12.1 Å². The van der Waals surface area contributed by atoms with Crippen molar-refractivity contribution in [3.8, 4) is 5.82 Å². The molecular weight excluding hydrogens is 280 g/mol. The van der Waals surface area contributed by atoms with E-state index in [0.717, 1.165) is 5.56 Å². The number of anilines is 1. The van der Waals surface area contributed by atoms with E-state index in [4.69, 9.17) is 0 Å². The molecule has 0 spiro atoms. The predicted octanol–water partition coefficient (Wildman–Crippen LogP) is 1.71. The van der Waals surface area contributed by atoms with E-state index in [-0.39, 0.29) is 5.91 Å². The molecule has 0 aliphatic rings. The van der Waals surface area contributed by atoms with Gasteiger partial charge in [-0.15, -0.1) is 0 Å². The van der Waals surface area contributed by atoms with Gasteiger partial charge in [-0.25, -0.2) is 19.6 Å². The average molecular weight is 292 g/mol. The third-order valence-electron chi connectivity index (χ3n) is 2.78. The number of benzene rings is 1. The molecule has 0 saturated carbocycles. The van der Waals surface area contributed by atoms with Gasteiger partial charge in [0.25, 0.3) is 0 Å². The zero-order chi connectivity index (χ0) is 15.2. The number of amides is 1. The number of hydrogen-bond donors (Lipinski definition) is 1. The summed E-state index contributed by atoms with van der Waals surface area (Å²) in [6.07, 6.45) is 7.46. The molecule has 108 valence electrons. The number of nitrogens with zero attached hydrogens (tertiary/aromatic N) is 5. The van der Waals surface area contributed by atoms with E-state index in [1.807, 2.05) is 30.3 Å². The van der Waals surface area contributed by atoms with E-state index in [1.54, 1.807) is 12.1 Å². The second kappa shape index (κ2) is 6.40. The first kappa shape index (κ1) is 13.6. The van der Waals surface area contributed by atoms with Gasteiger partial charge in [0.15, 0.2) is 5.82 Å². The summed E-state index contributed by atoms with van der Waals surface area (Å²) in [5, 5.41) is 6.65. The molecule has 0 bridgehead atoms. The molecule has 7 heteroatoms. The highest BCUT2D eigenvalue weighted by atomic mass is 16.1. The summed E-state index contributed by atoms with van der Waals surface area (Å²) in [5.41, 5.74) is 0.948. The van der Waals surface area contributed by atoms with Crippen LogP contribution in [-0.4, -0.2) is 30.6 Å². The molecule has 1 amide bonds. The van der Waals surface area contributed by atoms with Gasteiger partial charge in [0.2, 0.25) is 5.91 Å². The molecule has 0 unspecified atom stereocenters. The van der Waals surface area contributed by atoms with Gasteiger partial charge in [-0.3, -0.25) is 4.79 Å². The molecule has 1 aromatic carbocycles. The average Bonchev–Trinajstić information content (AvgIpc) is 3.09. The molecule has 1 N–H and O–H groups in total. The number of carbonyl (C=O) groups excluding carboxylic acids is 1. The van der Waals surface area contributed by atoms with Crippen molar-refractivity contribution in [2.45, 2.75) is 0 Å². The summed E-state index contributed by atoms with van der Waals surface area (Å²) in [7, 11) is 0. The van der Waals surface area contributed by atoms with Crippen LogP contribution in [-0.2, 0) is 4.79 Å². The number of nitrogens with one attached hydrogen (secondary N) is 1. The van der Waals surface area contributed by atoms with Gasteiger partial charge >= 0.3 is 0 Å². The van der Waals surface area contributed by atoms with Crippen LogP contribution in [0.5, 0.6) is 0 Å². The van der Waals surface area contributed by atoms with Gasteiger partial charge in [0.05, 0.1) is 0 Å². The fraction of sp³-hybridized carbons (Fsp3) is 0. The maximum Gasteiger partial charge on any atom is 0.249 e. The van der Waals surface area contributed by atoms with Crippen LogP contribution in [0.2, 0.25) is 0 Å². The quantitative estimate of drug-likeness (QED) is 0.740. The Balaban J connectivity index is 1.69. The highest BCUT2D eigenvalue weighted by Gasteiger charge is 2.03. The second-order valence-corrected chi connectivity index (χ2v) is 4.33. The lowest BCUT2D eigenvalue weighted by Gasteiger charge is -2.03. The third-order valence-corrected chi connectivity index (χ3v) is 2.78. The Morgan fingerprint density at radius 3 is 2.77 bits per heavy atom. The molecule has 2 aromatic heterocycles. The van der Waals surface area contributed by atoms with Crippen molar-refractivity contribution < 1.29 is 4.79 Å². The van der Waals surface area contributed by atoms with Crippen LogP contribution in [0.1, 0.15) is 5.56 Å².